The molecule has 0 aliphatic carbocycles. The molecule has 1 saturated heterocycles. The third kappa shape index (κ3) is 3.36. The first-order valence-electron chi connectivity index (χ1n) is 7.61. The SMILES string of the molecule is Nc1ccc2[nH]c(C(=O)NCCCN3CCCC3)cc2c1. The summed E-state index contributed by atoms with van der Waals surface area (Å²) in [6, 6.07) is 7.45. The molecule has 0 bridgehead atoms. The molecule has 1 aliphatic heterocycles. The second kappa shape index (κ2) is 6.18. The molecule has 3 rings (SSSR count). The van der Waals surface area contributed by atoms with Crippen molar-refractivity contribution in [3.63, 3.8) is 0 Å². The third-order valence-corrected chi connectivity index (χ3v) is 4.02. The van der Waals surface area contributed by atoms with Crippen LogP contribution in [-0.4, -0.2) is 42.0 Å². The van der Waals surface area contributed by atoms with Crippen molar-refractivity contribution in [2.45, 2.75) is 19.3 Å². The summed E-state index contributed by atoms with van der Waals surface area (Å²) in [5.41, 5.74) is 7.99. The van der Waals surface area contributed by atoms with Gasteiger partial charge in [0.25, 0.3) is 5.91 Å². The molecule has 5 heteroatoms. The van der Waals surface area contributed by atoms with E-state index in [1.165, 1.54) is 25.9 Å². The second-order valence-corrected chi connectivity index (χ2v) is 5.69. The second-order valence-electron chi connectivity index (χ2n) is 5.69. The minimum Gasteiger partial charge on any atom is -0.399 e. The van der Waals surface area contributed by atoms with E-state index >= 15 is 0 Å². The number of hydrogen-bond donors (Lipinski definition) is 3. The van der Waals surface area contributed by atoms with E-state index < -0.39 is 0 Å². The van der Waals surface area contributed by atoms with E-state index in [4.69, 9.17) is 5.73 Å². The number of carbonyl (C=O) groups is 1. The van der Waals surface area contributed by atoms with E-state index in [-0.39, 0.29) is 5.91 Å². The van der Waals surface area contributed by atoms with Gasteiger partial charge in [-0.25, -0.2) is 0 Å². The molecule has 4 N–H and O–H groups in total. The summed E-state index contributed by atoms with van der Waals surface area (Å²) in [6.45, 7) is 4.20. The van der Waals surface area contributed by atoms with Gasteiger partial charge in [-0.05, 0) is 63.2 Å². The Hall–Kier alpha value is -2.01. The van der Waals surface area contributed by atoms with Gasteiger partial charge in [0, 0.05) is 23.1 Å². The van der Waals surface area contributed by atoms with Crippen molar-refractivity contribution in [1.82, 2.24) is 15.2 Å². The fourth-order valence-corrected chi connectivity index (χ4v) is 2.88. The average Bonchev–Trinajstić information content (AvgIpc) is 3.11. The predicted octanol–water partition coefficient (Wildman–Crippen LogP) is 1.97. The van der Waals surface area contributed by atoms with Crippen molar-refractivity contribution < 1.29 is 4.79 Å². The molecular weight excluding hydrogens is 264 g/mol. The third-order valence-electron chi connectivity index (χ3n) is 4.02. The lowest BCUT2D eigenvalue weighted by Crippen LogP contribution is -2.28. The van der Waals surface area contributed by atoms with Gasteiger partial charge in [-0.2, -0.15) is 0 Å². The largest absolute Gasteiger partial charge is 0.399 e. The summed E-state index contributed by atoms with van der Waals surface area (Å²) in [5.74, 6) is -0.0498. The summed E-state index contributed by atoms with van der Waals surface area (Å²) in [7, 11) is 0. The molecule has 1 aliphatic rings. The molecule has 2 aromatic rings. The molecule has 0 saturated carbocycles. The van der Waals surface area contributed by atoms with Crippen LogP contribution >= 0.6 is 0 Å². The van der Waals surface area contributed by atoms with Crippen molar-refractivity contribution in [1.29, 1.82) is 0 Å². The number of amides is 1. The number of nitrogen functional groups attached to an aromatic ring is 1. The highest BCUT2D eigenvalue weighted by molar-refractivity contribution is 5.98. The van der Waals surface area contributed by atoms with Crippen molar-refractivity contribution >= 4 is 22.5 Å². The first-order chi connectivity index (χ1) is 10.2. The zero-order valence-corrected chi connectivity index (χ0v) is 12.2. The van der Waals surface area contributed by atoms with Crippen molar-refractivity contribution in [2.24, 2.45) is 0 Å². The van der Waals surface area contributed by atoms with Crippen LogP contribution in [0.4, 0.5) is 5.69 Å². The fourth-order valence-electron chi connectivity index (χ4n) is 2.88. The van der Waals surface area contributed by atoms with Gasteiger partial charge < -0.3 is 20.9 Å². The van der Waals surface area contributed by atoms with E-state index in [1.807, 2.05) is 24.3 Å². The number of fused-ring (bicyclic) bond motifs is 1. The van der Waals surface area contributed by atoms with Crippen molar-refractivity contribution in [2.75, 3.05) is 31.9 Å². The number of aromatic amines is 1. The summed E-state index contributed by atoms with van der Waals surface area (Å²) in [4.78, 5) is 17.7. The molecule has 21 heavy (non-hydrogen) atoms. The predicted molar refractivity (Wildman–Crippen MR) is 85.3 cm³/mol. The Morgan fingerprint density at radius 3 is 2.90 bits per heavy atom. The quantitative estimate of drug-likeness (QED) is 0.581. The number of nitrogens with one attached hydrogen (secondary N) is 2. The van der Waals surface area contributed by atoms with Crippen LogP contribution in [0.25, 0.3) is 10.9 Å². The van der Waals surface area contributed by atoms with E-state index in [0.29, 0.717) is 17.9 Å². The number of carbonyl (C=O) groups excluding carboxylic acids is 1. The smallest absolute Gasteiger partial charge is 0.267 e. The zero-order valence-electron chi connectivity index (χ0n) is 12.2. The highest BCUT2D eigenvalue weighted by atomic mass is 16.1. The van der Waals surface area contributed by atoms with E-state index in [2.05, 4.69) is 15.2 Å². The monoisotopic (exact) mass is 286 g/mol. The van der Waals surface area contributed by atoms with Gasteiger partial charge in [-0.3, -0.25) is 4.79 Å². The summed E-state index contributed by atoms with van der Waals surface area (Å²) < 4.78 is 0. The Bertz CT molecular complexity index is 628. The molecule has 0 radical (unpaired) electrons. The van der Waals surface area contributed by atoms with Crippen LogP contribution in [0, 0.1) is 0 Å². The molecule has 1 fully saturated rings. The Balaban J connectivity index is 1.51. The molecule has 0 atom stereocenters. The minimum absolute atomic E-state index is 0.0498. The number of anilines is 1. The topological polar surface area (TPSA) is 74.1 Å². The number of hydrogen-bond acceptors (Lipinski definition) is 3. The molecule has 2 heterocycles. The fraction of sp³-hybridized carbons (Fsp3) is 0.438. The average molecular weight is 286 g/mol. The summed E-state index contributed by atoms with van der Waals surface area (Å²) in [6.07, 6.45) is 3.62. The normalized spacial score (nSPS) is 15.6. The number of nitrogens with zero attached hydrogens (tertiary/aromatic N) is 1. The molecule has 1 aromatic carbocycles. The van der Waals surface area contributed by atoms with E-state index in [9.17, 15) is 4.79 Å². The molecule has 112 valence electrons. The van der Waals surface area contributed by atoms with Gasteiger partial charge >= 0.3 is 0 Å². The van der Waals surface area contributed by atoms with Gasteiger partial charge in [-0.1, -0.05) is 0 Å². The maximum atomic E-state index is 12.1. The van der Waals surface area contributed by atoms with Gasteiger partial charge in [0.1, 0.15) is 5.69 Å². The van der Waals surface area contributed by atoms with Gasteiger partial charge in [0.15, 0.2) is 0 Å². The Labute approximate surface area is 124 Å². The number of aromatic nitrogens is 1. The van der Waals surface area contributed by atoms with Crippen molar-refractivity contribution in [3.8, 4) is 0 Å². The lowest BCUT2D eigenvalue weighted by molar-refractivity contribution is 0.0948. The van der Waals surface area contributed by atoms with Crippen molar-refractivity contribution in [3.05, 3.63) is 30.0 Å². The Morgan fingerprint density at radius 1 is 1.29 bits per heavy atom. The van der Waals surface area contributed by atoms with Gasteiger partial charge in [0.2, 0.25) is 0 Å². The molecular formula is C16H22N4O. The Kier molecular flexibility index (Phi) is 4.10. The summed E-state index contributed by atoms with van der Waals surface area (Å²) >= 11 is 0. The lowest BCUT2D eigenvalue weighted by Gasteiger charge is -2.14. The standard InChI is InChI=1S/C16H22N4O/c17-13-4-5-14-12(10-13)11-15(19-14)16(21)18-6-3-9-20-7-1-2-8-20/h4-5,10-11,19H,1-3,6-9,17H2,(H,18,21). The highest BCUT2D eigenvalue weighted by Gasteiger charge is 2.12. The van der Waals surface area contributed by atoms with Gasteiger partial charge in [-0.15, -0.1) is 0 Å². The highest BCUT2D eigenvalue weighted by Crippen LogP contribution is 2.18. The Morgan fingerprint density at radius 2 is 2.10 bits per heavy atom. The van der Waals surface area contributed by atoms with E-state index in [0.717, 1.165) is 23.9 Å². The van der Waals surface area contributed by atoms with Crippen LogP contribution in [0.1, 0.15) is 29.8 Å². The number of benzene rings is 1. The number of likely N-dealkylation sites (tertiary alicyclic amines) is 1. The van der Waals surface area contributed by atoms with Crippen LogP contribution in [-0.2, 0) is 0 Å². The first kappa shape index (κ1) is 13.9. The molecule has 0 unspecified atom stereocenters. The molecule has 1 amide bonds. The number of H-pyrrole nitrogens is 1. The van der Waals surface area contributed by atoms with Crippen LogP contribution in [0.3, 0.4) is 0 Å². The molecule has 0 spiro atoms. The summed E-state index contributed by atoms with van der Waals surface area (Å²) in [5, 5.41) is 3.94. The van der Waals surface area contributed by atoms with Crippen LogP contribution < -0.4 is 11.1 Å². The lowest BCUT2D eigenvalue weighted by atomic mass is 10.2. The number of nitrogens with two attached hydrogens (primary N) is 1. The maximum absolute atomic E-state index is 12.1. The minimum atomic E-state index is -0.0498. The molecule has 5 nitrogen and oxygen atoms in total. The van der Waals surface area contributed by atoms with Crippen LogP contribution in [0.5, 0.6) is 0 Å². The number of rotatable bonds is 5. The first-order valence-corrected chi connectivity index (χ1v) is 7.61. The zero-order chi connectivity index (χ0) is 14.7. The maximum Gasteiger partial charge on any atom is 0.267 e. The van der Waals surface area contributed by atoms with E-state index in [1.54, 1.807) is 0 Å². The van der Waals surface area contributed by atoms with Gasteiger partial charge in [0.05, 0.1) is 0 Å². The van der Waals surface area contributed by atoms with Crippen LogP contribution in [0.2, 0.25) is 0 Å². The van der Waals surface area contributed by atoms with Crippen LogP contribution in [0.15, 0.2) is 24.3 Å². The molecule has 1 aromatic heterocycles.